The highest BCUT2D eigenvalue weighted by Gasteiger charge is 2.17. The van der Waals surface area contributed by atoms with E-state index in [1.54, 1.807) is 0 Å². The van der Waals surface area contributed by atoms with Gasteiger partial charge in [0.05, 0.1) is 0 Å². The fraction of sp³-hybridized carbons (Fsp3) is 0.667. The molecule has 1 saturated heterocycles. The maximum Gasteiger partial charge on any atom is 0.317 e. The molecule has 140 valence electrons. The smallest absolute Gasteiger partial charge is 0.317 e. The second-order valence-electron chi connectivity index (χ2n) is 8.11. The molecule has 0 atom stereocenters. The second kappa shape index (κ2) is 9.23. The zero-order valence-electron chi connectivity index (χ0n) is 16.5. The summed E-state index contributed by atoms with van der Waals surface area (Å²) in [6.07, 6.45) is 3.92. The average Bonchev–Trinajstić information content (AvgIpc) is 2.59. The number of nitrogens with zero attached hydrogens (tertiary/aromatic N) is 2. The lowest BCUT2D eigenvalue weighted by molar-refractivity contribution is 0.170. The van der Waals surface area contributed by atoms with Gasteiger partial charge in [-0.3, -0.25) is 0 Å². The van der Waals surface area contributed by atoms with Crippen LogP contribution >= 0.6 is 0 Å². The minimum absolute atomic E-state index is 0.0411. The molecule has 0 aliphatic carbocycles. The Hall–Kier alpha value is -1.55. The summed E-state index contributed by atoms with van der Waals surface area (Å²) in [5, 5.41) is 2.96. The quantitative estimate of drug-likeness (QED) is 0.846. The van der Waals surface area contributed by atoms with Crippen LogP contribution in [0.2, 0.25) is 0 Å². The van der Waals surface area contributed by atoms with Crippen molar-refractivity contribution in [3.05, 3.63) is 35.4 Å². The lowest BCUT2D eigenvalue weighted by atomic mass is 9.87. The molecule has 0 bridgehead atoms. The number of benzene rings is 1. The molecule has 1 heterocycles. The number of piperidine rings is 1. The molecule has 0 aromatic heterocycles. The number of rotatable bonds is 6. The van der Waals surface area contributed by atoms with Gasteiger partial charge in [0.15, 0.2) is 0 Å². The van der Waals surface area contributed by atoms with Gasteiger partial charge in [-0.05, 0) is 49.4 Å². The van der Waals surface area contributed by atoms with Gasteiger partial charge in [-0.1, -0.05) is 51.5 Å². The highest BCUT2D eigenvalue weighted by molar-refractivity contribution is 5.74. The van der Waals surface area contributed by atoms with Crippen LogP contribution in [0.1, 0.15) is 58.1 Å². The Morgan fingerprint density at radius 2 is 1.76 bits per heavy atom. The van der Waals surface area contributed by atoms with E-state index in [9.17, 15) is 4.79 Å². The van der Waals surface area contributed by atoms with Crippen molar-refractivity contribution >= 4 is 6.03 Å². The van der Waals surface area contributed by atoms with Crippen LogP contribution in [0.4, 0.5) is 4.79 Å². The summed E-state index contributed by atoms with van der Waals surface area (Å²) in [4.78, 5) is 16.9. The van der Waals surface area contributed by atoms with Crippen molar-refractivity contribution in [2.75, 3.05) is 32.7 Å². The van der Waals surface area contributed by atoms with Crippen molar-refractivity contribution in [2.24, 2.45) is 0 Å². The van der Waals surface area contributed by atoms with E-state index < -0.39 is 0 Å². The molecule has 1 aliphatic heterocycles. The first kappa shape index (κ1) is 19.8. The van der Waals surface area contributed by atoms with Crippen LogP contribution in [0.5, 0.6) is 0 Å². The van der Waals surface area contributed by atoms with E-state index in [0.29, 0.717) is 13.1 Å². The SMILES string of the molecule is CCNC(=O)N(CCN1CCCCC1)Cc1ccc(C(C)(C)C)cc1. The topological polar surface area (TPSA) is 35.6 Å². The Morgan fingerprint density at radius 3 is 2.32 bits per heavy atom. The summed E-state index contributed by atoms with van der Waals surface area (Å²) in [5.74, 6) is 0. The predicted octanol–water partition coefficient (Wildman–Crippen LogP) is 4.00. The number of hydrogen-bond acceptors (Lipinski definition) is 2. The molecule has 25 heavy (non-hydrogen) atoms. The van der Waals surface area contributed by atoms with E-state index in [0.717, 1.165) is 13.1 Å². The highest BCUT2D eigenvalue weighted by atomic mass is 16.2. The van der Waals surface area contributed by atoms with Gasteiger partial charge in [-0.15, -0.1) is 0 Å². The molecule has 4 nitrogen and oxygen atoms in total. The number of amides is 2. The van der Waals surface area contributed by atoms with Crippen molar-refractivity contribution < 1.29 is 4.79 Å². The van der Waals surface area contributed by atoms with E-state index in [1.807, 2.05) is 11.8 Å². The third kappa shape index (κ3) is 6.35. The van der Waals surface area contributed by atoms with Gasteiger partial charge in [0.25, 0.3) is 0 Å². The van der Waals surface area contributed by atoms with E-state index in [-0.39, 0.29) is 11.4 Å². The van der Waals surface area contributed by atoms with E-state index in [4.69, 9.17) is 0 Å². The Morgan fingerprint density at radius 1 is 1.12 bits per heavy atom. The Balaban J connectivity index is 1.98. The average molecular weight is 346 g/mol. The van der Waals surface area contributed by atoms with Gasteiger partial charge < -0.3 is 15.1 Å². The predicted molar refractivity (Wildman–Crippen MR) is 105 cm³/mol. The molecule has 1 N–H and O–H groups in total. The van der Waals surface area contributed by atoms with Crippen LogP contribution in [0.3, 0.4) is 0 Å². The number of carbonyl (C=O) groups is 1. The van der Waals surface area contributed by atoms with Crippen LogP contribution in [0.25, 0.3) is 0 Å². The largest absolute Gasteiger partial charge is 0.338 e. The Labute approximate surface area is 153 Å². The molecule has 0 unspecified atom stereocenters. The van der Waals surface area contributed by atoms with Gasteiger partial charge in [0.2, 0.25) is 0 Å². The van der Waals surface area contributed by atoms with Crippen molar-refractivity contribution in [3.8, 4) is 0 Å². The number of hydrogen-bond donors (Lipinski definition) is 1. The first-order valence-corrected chi connectivity index (χ1v) is 9.74. The lowest BCUT2D eigenvalue weighted by Gasteiger charge is -2.30. The Kier molecular flexibility index (Phi) is 7.30. The van der Waals surface area contributed by atoms with Crippen LogP contribution in [0, 0.1) is 0 Å². The summed E-state index contributed by atoms with van der Waals surface area (Å²) in [6.45, 7) is 14.1. The fourth-order valence-corrected chi connectivity index (χ4v) is 3.29. The molecule has 1 aromatic rings. The van der Waals surface area contributed by atoms with Gasteiger partial charge >= 0.3 is 6.03 Å². The normalized spacial score (nSPS) is 15.8. The van der Waals surface area contributed by atoms with Crippen LogP contribution in [0.15, 0.2) is 24.3 Å². The minimum atomic E-state index is 0.0411. The molecule has 2 rings (SSSR count). The molecule has 0 radical (unpaired) electrons. The van der Waals surface area contributed by atoms with E-state index in [2.05, 4.69) is 55.3 Å². The maximum atomic E-state index is 12.4. The van der Waals surface area contributed by atoms with Gasteiger partial charge in [0.1, 0.15) is 0 Å². The first-order valence-electron chi connectivity index (χ1n) is 9.74. The number of carbonyl (C=O) groups excluding carboxylic acids is 1. The zero-order valence-corrected chi connectivity index (χ0v) is 16.5. The summed E-state index contributed by atoms with van der Waals surface area (Å²) < 4.78 is 0. The monoisotopic (exact) mass is 345 g/mol. The molecule has 0 spiro atoms. The standard InChI is InChI=1S/C21H35N3O/c1-5-22-20(25)24(16-15-23-13-7-6-8-14-23)17-18-9-11-19(12-10-18)21(2,3)4/h9-12H,5-8,13-17H2,1-4H3,(H,22,25). The zero-order chi connectivity index (χ0) is 18.3. The Bertz CT molecular complexity index is 527. The number of likely N-dealkylation sites (tertiary alicyclic amines) is 1. The van der Waals surface area contributed by atoms with E-state index >= 15 is 0 Å². The number of urea groups is 1. The van der Waals surface area contributed by atoms with Crippen LogP contribution in [-0.4, -0.2) is 48.6 Å². The fourth-order valence-electron chi connectivity index (χ4n) is 3.29. The minimum Gasteiger partial charge on any atom is -0.338 e. The van der Waals surface area contributed by atoms with E-state index in [1.165, 1.54) is 43.5 Å². The molecule has 1 aromatic carbocycles. The summed E-state index contributed by atoms with van der Waals surface area (Å²) in [6, 6.07) is 8.74. The van der Waals surface area contributed by atoms with Crippen molar-refractivity contribution in [3.63, 3.8) is 0 Å². The van der Waals surface area contributed by atoms with Crippen LogP contribution < -0.4 is 5.32 Å². The highest BCUT2D eigenvalue weighted by Crippen LogP contribution is 2.22. The third-order valence-electron chi connectivity index (χ3n) is 4.94. The van der Waals surface area contributed by atoms with Crippen molar-refractivity contribution in [1.82, 2.24) is 15.1 Å². The van der Waals surface area contributed by atoms with Crippen LogP contribution in [-0.2, 0) is 12.0 Å². The third-order valence-corrected chi connectivity index (χ3v) is 4.94. The second-order valence-corrected chi connectivity index (χ2v) is 8.11. The van der Waals surface area contributed by atoms with Gasteiger partial charge in [0, 0.05) is 26.2 Å². The molecular weight excluding hydrogens is 310 g/mol. The van der Waals surface area contributed by atoms with Gasteiger partial charge in [-0.2, -0.15) is 0 Å². The maximum absolute atomic E-state index is 12.4. The summed E-state index contributed by atoms with van der Waals surface area (Å²) in [7, 11) is 0. The lowest BCUT2D eigenvalue weighted by Crippen LogP contribution is -2.44. The molecular formula is C21H35N3O. The number of nitrogens with one attached hydrogen (secondary N) is 1. The molecule has 2 amide bonds. The summed E-state index contributed by atoms with van der Waals surface area (Å²) >= 11 is 0. The molecule has 0 saturated carbocycles. The molecule has 1 aliphatic rings. The van der Waals surface area contributed by atoms with Crippen molar-refractivity contribution in [2.45, 2.75) is 58.9 Å². The van der Waals surface area contributed by atoms with Crippen molar-refractivity contribution in [1.29, 1.82) is 0 Å². The molecule has 4 heteroatoms. The first-order chi connectivity index (χ1) is 11.9. The summed E-state index contributed by atoms with van der Waals surface area (Å²) in [5.41, 5.74) is 2.68. The molecule has 1 fully saturated rings. The van der Waals surface area contributed by atoms with Gasteiger partial charge in [-0.25, -0.2) is 4.79 Å².